The van der Waals surface area contributed by atoms with E-state index >= 15 is 0 Å². The normalized spacial score (nSPS) is 12.2. The first-order chi connectivity index (χ1) is 8.36. The van der Waals surface area contributed by atoms with E-state index in [4.69, 9.17) is 22.4 Å². The number of fused-ring (bicyclic) bond motifs is 1. The predicted octanol–water partition coefficient (Wildman–Crippen LogP) is 0.473. The van der Waals surface area contributed by atoms with Crippen LogP contribution in [0.3, 0.4) is 0 Å². The van der Waals surface area contributed by atoms with E-state index in [1.165, 1.54) is 4.57 Å². The second-order valence-electron chi connectivity index (χ2n) is 4.62. The number of rotatable bonds is 3. The zero-order valence-corrected chi connectivity index (χ0v) is 10.8. The minimum Gasteiger partial charge on any atom is -0.396 e. The van der Waals surface area contributed by atoms with Crippen LogP contribution in [0.25, 0.3) is 11.2 Å². The Morgan fingerprint density at radius 3 is 2.78 bits per heavy atom. The van der Waals surface area contributed by atoms with Gasteiger partial charge < -0.3 is 15.8 Å². The van der Waals surface area contributed by atoms with Crippen LogP contribution in [-0.2, 0) is 5.54 Å². The van der Waals surface area contributed by atoms with E-state index in [-0.39, 0.29) is 23.4 Å². The van der Waals surface area contributed by atoms with E-state index in [1.807, 2.05) is 13.8 Å². The highest BCUT2D eigenvalue weighted by Crippen LogP contribution is 2.25. The topological polar surface area (TPSA) is 110 Å². The molecule has 0 aliphatic heterocycles. The summed E-state index contributed by atoms with van der Waals surface area (Å²) in [6, 6.07) is 0. The van der Waals surface area contributed by atoms with Crippen LogP contribution in [0.1, 0.15) is 20.3 Å². The standard InChI is InChI=1S/C10H14ClN5O2/c1-10(2,3-4-17)16-7-5(13-9(16)18)6(11)14-8(12)15-7/h17H,3-4H2,1-2H3,(H,13,18)(H2,12,14,15). The molecule has 0 saturated heterocycles. The average molecular weight is 272 g/mol. The number of halogens is 1. The summed E-state index contributed by atoms with van der Waals surface area (Å²) in [5.74, 6) is 0.0000449. The number of aliphatic hydroxyl groups excluding tert-OH is 1. The van der Waals surface area contributed by atoms with Crippen molar-refractivity contribution in [3.05, 3.63) is 15.6 Å². The second-order valence-corrected chi connectivity index (χ2v) is 4.98. The van der Waals surface area contributed by atoms with Crippen LogP contribution in [0.5, 0.6) is 0 Å². The molecule has 2 aromatic heterocycles. The van der Waals surface area contributed by atoms with Gasteiger partial charge in [-0.25, -0.2) is 4.79 Å². The van der Waals surface area contributed by atoms with Crippen LogP contribution in [0, 0.1) is 0 Å². The molecule has 4 N–H and O–H groups in total. The largest absolute Gasteiger partial charge is 0.396 e. The van der Waals surface area contributed by atoms with Gasteiger partial charge in [0.1, 0.15) is 5.52 Å². The maximum absolute atomic E-state index is 12.0. The number of aromatic amines is 1. The van der Waals surface area contributed by atoms with Crippen molar-refractivity contribution in [3.8, 4) is 0 Å². The number of aliphatic hydroxyl groups is 1. The predicted molar refractivity (Wildman–Crippen MR) is 68.6 cm³/mol. The van der Waals surface area contributed by atoms with E-state index in [0.29, 0.717) is 17.6 Å². The van der Waals surface area contributed by atoms with Crippen molar-refractivity contribution in [2.45, 2.75) is 25.8 Å². The zero-order chi connectivity index (χ0) is 13.5. The van der Waals surface area contributed by atoms with Crippen molar-refractivity contribution in [2.24, 2.45) is 0 Å². The summed E-state index contributed by atoms with van der Waals surface area (Å²) in [6.07, 6.45) is 0.404. The van der Waals surface area contributed by atoms with Crippen molar-refractivity contribution in [1.29, 1.82) is 0 Å². The lowest BCUT2D eigenvalue weighted by atomic mass is 10.0. The summed E-state index contributed by atoms with van der Waals surface area (Å²) in [4.78, 5) is 22.4. The first-order valence-corrected chi connectivity index (χ1v) is 5.79. The third-order valence-corrected chi connectivity index (χ3v) is 3.11. The lowest BCUT2D eigenvalue weighted by Crippen LogP contribution is -2.35. The van der Waals surface area contributed by atoms with Gasteiger partial charge in [-0.1, -0.05) is 11.6 Å². The van der Waals surface area contributed by atoms with Gasteiger partial charge >= 0.3 is 5.69 Å². The Balaban J connectivity index is 2.79. The lowest BCUT2D eigenvalue weighted by molar-refractivity contribution is 0.213. The summed E-state index contributed by atoms with van der Waals surface area (Å²) in [6.45, 7) is 3.61. The molecular weight excluding hydrogens is 258 g/mol. The molecule has 0 atom stereocenters. The molecule has 0 spiro atoms. The Hall–Kier alpha value is -1.60. The van der Waals surface area contributed by atoms with Gasteiger partial charge in [0.2, 0.25) is 5.95 Å². The maximum atomic E-state index is 12.0. The summed E-state index contributed by atoms with van der Waals surface area (Å²) in [7, 11) is 0. The van der Waals surface area contributed by atoms with Crippen LogP contribution in [0.2, 0.25) is 5.15 Å². The molecule has 0 amide bonds. The molecule has 98 valence electrons. The van der Waals surface area contributed by atoms with Crippen molar-refractivity contribution in [1.82, 2.24) is 19.5 Å². The molecule has 0 saturated carbocycles. The Bertz CT molecular complexity index is 645. The molecule has 8 heteroatoms. The minimum atomic E-state index is -0.603. The van der Waals surface area contributed by atoms with Crippen LogP contribution in [0.4, 0.5) is 5.95 Å². The fraction of sp³-hybridized carbons (Fsp3) is 0.500. The summed E-state index contributed by atoms with van der Waals surface area (Å²) in [5, 5.41) is 9.17. The highest BCUT2D eigenvalue weighted by atomic mass is 35.5. The lowest BCUT2D eigenvalue weighted by Gasteiger charge is -2.24. The van der Waals surface area contributed by atoms with Crippen molar-refractivity contribution >= 4 is 28.7 Å². The maximum Gasteiger partial charge on any atom is 0.328 e. The number of hydrogen-bond acceptors (Lipinski definition) is 5. The van der Waals surface area contributed by atoms with Gasteiger partial charge in [-0.3, -0.25) is 4.57 Å². The molecule has 2 rings (SSSR count). The minimum absolute atomic E-state index is 0.0000449. The van der Waals surface area contributed by atoms with E-state index < -0.39 is 5.54 Å². The number of H-pyrrole nitrogens is 1. The van der Waals surface area contributed by atoms with Gasteiger partial charge in [-0.05, 0) is 20.3 Å². The monoisotopic (exact) mass is 271 g/mol. The fourth-order valence-corrected chi connectivity index (χ4v) is 2.13. The molecule has 7 nitrogen and oxygen atoms in total. The molecule has 0 bridgehead atoms. The quantitative estimate of drug-likeness (QED) is 0.703. The number of nitrogens with one attached hydrogen (secondary N) is 1. The summed E-state index contributed by atoms with van der Waals surface area (Å²) >= 11 is 5.91. The van der Waals surface area contributed by atoms with E-state index in [9.17, 15) is 4.79 Å². The Morgan fingerprint density at radius 2 is 2.17 bits per heavy atom. The van der Waals surface area contributed by atoms with E-state index in [1.54, 1.807) is 0 Å². The van der Waals surface area contributed by atoms with E-state index in [0.717, 1.165) is 0 Å². The van der Waals surface area contributed by atoms with E-state index in [2.05, 4.69) is 15.0 Å². The molecule has 0 unspecified atom stereocenters. The van der Waals surface area contributed by atoms with Gasteiger partial charge in [-0.2, -0.15) is 9.97 Å². The average Bonchev–Trinajstić information content (AvgIpc) is 2.55. The number of anilines is 1. The number of aromatic nitrogens is 4. The molecule has 2 aromatic rings. The van der Waals surface area contributed by atoms with Crippen LogP contribution in [-0.4, -0.2) is 31.2 Å². The third-order valence-electron chi connectivity index (χ3n) is 2.84. The van der Waals surface area contributed by atoms with Gasteiger partial charge in [-0.15, -0.1) is 0 Å². The molecule has 0 fully saturated rings. The van der Waals surface area contributed by atoms with Gasteiger partial charge in [0.25, 0.3) is 0 Å². The number of hydrogen-bond donors (Lipinski definition) is 3. The molecule has 0 aromatic carbocycles. The SMILES string of the molecule is CC(C)(CCO)n1c(=O)[nH]c2c(Cl)nc(N)nc21. The third kappa shape index (κ3) is 1.95. The van der Waals surface area contributed by atoms with Gasteiger partial charge in [0.15, 0.2) is 10.8 Å². The first-order valence-electron chi connectivity index (χ1n) is 5.42. The number of nitrogens with two attached hydrogens (primary N) is 1. The van der Waals surface area contributed by atoms with Crippen LogP contribution < -0.4 is 11.4 Å². The number of imidazole rings is 1. The number of nitrogens with zero attached hydrogens (tertiary/aromatic N) is 3. The highest BCUT2D eigenvalue weighted by Gasteiger charge is 2.26. The van der Waals surface area contributed by atoms with Crippen molar-refractivity contribution in [2.75, 3.05) is 12.3 Å². The van der Waals surface area contributed by atoms with Crippen molar-refractivity contribution < 1.29 is 5.11 Å². The number of nitrogen functional groups attached to an aromatic ring is 1. The van der Waals surface area contributed by atoms with Gasteiger partial charge in [0.05, 0.1) is 0 Å². The molecular formula is C10H14ClN5O2. The second kappa shape index (κ2) is 4.25. The zero-order valence-electron chi connectivity index (χ0n) is 10.1. The Morgan fingerprint density at radius 1 is 1.50 bits per heavy atom. The smallest absolute Gasteiger partial charge is 0.328 e. The summed E-state index contributed by atoms with van der Waals surface area (Å²) in [5.41, 5.74) is 5.27. The summed E-state index contributed by atoms with van der Waals surface area (Å²) < 4.78 is 1.43. The first kappa shape index (κ1) is 12.8. The fourth-order valence-electron chi connectivity index (χ4n) is 1.91. The molecule has 18 heavy (non-hydrogen) atoms. The van der Waals surface area contributed by atoms with Gasteiger partial charge in [0, 0.05) is 12.1 Å². The highest BCUT2D eigenvalue weighted by molar-refractivity contribution is 6.33. The Kier molecular flexibility index (Phi) is 3.04. The van der Waals surface area contributed by atoms with Crippen LogP contribution in [0.15, 0.2) is 4.79 Å². The molecule has 0 aliphatic rings. The Labute approximate surface area is 108 Å². The molecule has 0 aliphatic carbocycles. The van der Waals surface area contributed by atoms with Crippen molar-refractivity contribution in [3.63, 3.8) is 0 Å². The molecule has 2 heterocycles. The van der Waals surface area contributed by atoms with Crippen LogP contribution >= 0.6 is 11.6 Å². The molecule has 0 radical (unpaired) electrons.